The van der Waals surface area contributed by atoms with Crippen molar-refractivity contribution < 1.29 is 14.3 Å². The summed E-state index contributed by atoms with van der Waals surface area (Å²) in [6.07, 6.45) is 4.40. The maximum Gasteiger partial charge on any atom is 0.254 e. The van der Waals surface area contributed by atoms with Crippen molar-refractivity contribution in [2.45, 2.75) is 39.5 Å². The van der Waals surface area contributed by atoms with Gasteiger partial charge >= 0.3 is 0 Å². The molecule has 2 aliphatic heterocycles. The Balaban J connectivity index is 0.00000306. The van der Waals surface area contributed by atoms with Crippen molar-refractivity contribution in [2.24, 2.45) is 5.92 Å². The Bertz CT molecular complexity index is 932. The molecule has 0 spiro atoms. The summed E-state index contributed by atoms with van der Waals surface area (Å²) >= 11 is 0. The quantitative estimate of drug-likeness (QED) is 0.512. The third kappa shape index (κ3) is 6.42. The molecule has 4 rings (SSSR count). The van der Waals surface area contributed by atoms with Gasteiger partial charge in [0.25, 0.3) is 5.91 Å². The van der Waals surface area contributed by atoms with Gasteiger partial charge in [0.05, 0.1) is 13.7 Å². The molecule has 1 fully saturated rings. The minimum absolute atomic E-state index is 0. The Labute approximate surface area is 204 Å². The lowest BCUT2D eigenvalue weighted by Gasteiger charge is -2.37. The molecule has 0 saturated carbocycles. The molecule has 2 heterocycles. The second kappa shape index (κ2) is 11.8. The van der Waals surface area contributed by atoms with Crippen molar-refractivity contribution >= 4 is 18.3 Å². The molecule has 5 nitrogen and oxygen atoms in total. The lowest BCUT2D eigenvalue weighted by Crippen LogP contribution is -2.45. The van der Waals surface area contributed by atoms with Gasteiger partial charge in [0, 0.05) is 31.7 Å². The first-order valence-electron chi connectivity index (χ1n) is 11.9. The second-order valence-electron chi connectivity index (χ2n) is 9.28. The molecule has 180 valence electrons. The van der Waals surface area contributed by atoms with E-state index in [0.717, 1.165) is 62.6 Å². The van der Waals surface area contributed by atoms with Crippen LogP contribution in [0.15, 0.2) is 36.4 Å². The topological polar surface area (TPSA) is 42.0 Å². The number of rotatable bonds is 8. The SMILES string of the molecule is COc1ccc(OCCCN2CCCC(CN3CCc4cc(C)c(C)cc4C3=O)C2)cc1.Cl. The number of amides is 1. The number of hydrogen-bond acceptors (Lipinski definition) is 4. The summed E-state index contributed by atoms with van der Waals surface area (Å²) < 4.78 is 11.1. The number of piperidine rings is 1. The Morgan fingerprint density at radius 2 is 1.76 bits per heavy atom. The summed E-state index contributed by atoms with van der Waals surface area (Å²) in [5, 5.41) is 0. The van der Waals surface area contributed by atoms with Crippen molar-refractivity contribution in [3.8, 4) is 11.5 Å². The number of halogens is 1. The largest absolute Gasteiger partial charge is 0.497 e. The molecular formula is C27H37ClN2O3. The number of nitrogens with zero attached hydrogens (tertiary/aromatic N) is 2. The molecule has 6 heteroatoms. The van der Waals surface area contributed by atoms with E-state index < -0.39 is 0 Å². The highest BCUT2D eigenvalue weighted by Gasteiger charge is 2.28. The highest BCUT2D eigenvalue weighted by Crippen LogP contribution is 2.25. The molecule has 0 N–H and O–H groups in total. The van der Waals surface area contributed by atoms with E-state index in [1.807, 2.05) is 24.3 Å². The fraction of sp³-hybridized carbons (Fsp3) is 0.519. The fourth-order valence-corrected chi connectivity index (χ4v) is 4.95. The zero-order valence-corrected chi connectivity index (χ0v) is 21.0. The van der Waals surface area contributed by atoms with Crippen molar-refractivity contribution in [3.63, 3.8) is 0 Å². The molecule has 2 aliphatic rings. The predicted molar refractivity (Wildman–Crippen MR) is 135 cm³/mol. The van der Waals surface area contributed by atoms with Crippen LogP contribution in [0, 0.1) is 19.8 Å². The molecule has 0 aromatic heterocycles. The Hall–Kier alpha value is -2.24. The van der Waals surface area contributed by atoms with Gasteiger partial charge < -0.3 is 19.3 Å². The van der Waals surface area contributed by atoms with Gasteiger partial charge in [-0.3, -0.25) is 4.79 Å². The van der Waals surface area contributed by atoms with Crippen molar-refractivity contribution in [1.82, 2.24) is 9.80 Å². The Morgan fingerprint density at radius 3 is 2.52 bits per heavy atom. The fourth-order valence-electron chi connectivity index (χ4n) is 4.95. The van der Waals surface area contributed by atoms with Crippen LogP contribution >= 0.6 is 12.4 Å². The maximum absolute atomic E-state index is 13.1. The number of methoxy groups -OCH3 is 1. The van der Waals surface area contributed by atoms with Gasteiger partial charge in [-0.2, -0.15) is 0 Å². The monoisotopic (exact) mass is 472 g/mol. The first-order chi connectivity index (χ1) is 15.5. The molecule has 1 atom stereocenters. The smallest absolute Gasteiger partial charge is 0.254 e. The number of ether oxygens (including phenoxy) is 2. The number of carbonyl (C=O) groups is 1. The zero-order chi connectivity index (χ0) is 22.5. The van der Waals surface area contributed by atoms with E-state index in [1.54, 1.807) is 7.11 Å². The summed E-state index contributed by atoms with van der Waals surface area (Å²) in [6.45, 7) is 9.94. The van der Waals surface area contributed by atoms with Crippen LogP contribution in [0.2, 0.25) is 0 Å². The van der Waals surface area contributed by atoms with Crippen LogP contribution in [0.5, 0.6) is 11.5 Å². The average Bonchev–Trinajstić information content (AvgIpc) is 2.81. The van der Waals surface area contributed by atoms with Crippen molar-refractivity contribution in [2.75, 3.05) is 46.4 Å². The van der Waals surface area contributed by atoms with Gasteiger partial charge in [-0.25, -0.2) is 0 Å². The number of hydrogen-bond donors (Lipinski definition) is 0. The predicted octanol–water partition coefficient (Wildman–Crippen LogP) is 4.91. The number of carbonyl (C=O) groups excluding carboxylic acids is 1. The maximum atomic E-state index is 13.1. The summed E-state index contributed by atoms with van der Waals surface area (Å²) in [5.41, 5.74) is 4.63. The highest BCUT2D eigenvalue weighted by molar-refractivity contribution is 5.97. The third-order valence-electron chi connectivity index (χ3n) is 6.92. The van der Waals surface area contributed by atoms with E-state index in [4.69, 9.17) is 9.47 Å². The van der Waals surface area contributed by atoms with E-state index in [1.165, 1.54) is 29.5 Å². The molecule has 33 heavy (non-hydrogen) atoms. The minimum Gasteiger partial charge on any atom is -0.497 e. The van der Waals surface area contributed by atoms with Gasteiger partial charge in [0.2, 0.25) is 0 Å². The Kier molecular flexibility index (Phi) is 9.04. The van der Waals surface area contributed by atoms with Gasteiger partial charge in [-0.15, -0.1) is 12.4 Å². The molecule has 0 bridgehead atoms. The summed E-state index contributed by atoms with van der Waals surface area (Å²) in [4.78, 5) is 17.7. The third-order valence-corrected chi connectivity index (χ3v) is 6.92. The lowest BCUT2D eigenvalue weighted by molar-refractivity contribution is 0.0658. The normalized spacial score (nSPS) is 18.5. The molecule has 2 aromatic carbocycles. The Morgan fingerprint density at radius 1 is 1.03 bits per heavy atom. The lowest BCUT2D eigenvalue weighted by atomic mass is 9.92. The molecular weight excluding hydrogens is 436 g/mol. The van der Waals surface area contributed by atoms with Gasteiger partial charge in [-0.05, 0) is 99.0 Å². The standard InChI is InChI=1S/C27H36N2O3.ClH/c1-20-16-23-11-14-29(27(30)26(23)17-21(20)2)19-22-6-4-12-28(18-22)13-5-15-32-25-9-7-24(31-3)8-10-25;/h7-10,16-17,22H,4-6,11-15,18-19H2,1-3H3;1H. The molecule has 1 unspecified atom stereocenters. The first kappa shape index (κ1) is 25.4. The number of aryl methyl sites for hydroxylation is 2. The molecule has 2 aromatic rings. The summed E-state index contributed by atoms with van der Waals surface area (Å²) in [5.74, 6) is 2.51. The van der Waals surface area contributed by atoms with Gasteiger partial charge in [0.1, 0.15) is 11.5 Å². The van der Waals surface area contributed by atoms with Crippen LogP contribution in [0.25, 0.3) is 0 Å². The van der Waals surface area contributed by atoms with E-state index in [-0.39, 0.29) is 18.3 Å². The molecule has 0 radical (unpaired) electrons. The van der Waals surface area contributed by atoms with Crippen LogP contribution in [0.3, 0.4) is 0 Å². The van der Waals surface area contributed by atoms with Crippen LogP contribution < -0.4 is 9.47 Å². The van der Waals surface area contributed by atoms with Crippen LogP contribution in [0.1, 0.15) is 46.3 Å². The zero-order valence-electron chi connectivity index (χ0n) is 20.1. The van der Waals surface area contributed by atoms with Crippen LogP contribution in [-0.4, -0.2) is 62.1 Å². The first-order valence-corrected chi connectivity index (χ1v) is 11.9. The highest BCUT2D eigenvalue weighted by atomic mass is 35.5. The van der Waals surface area contributed by atoms with E-state index in [2.05, 4.69) is 35.8 Å². The van der Waals surface area contributed by atoms with Crippen molar-refractivity contribution in [1.29, 1.82) is 0 Å². The van der Waals surface area contributed by atoms with Gasteiger partial charge in [0.15, 0.2) is 0 Å². The summed E-state index contributed by atoms with van der Waals surface area (Å²) in [6, 6.07) is 12.0. The minimum atomic E-state index is 0. The molecule has 0 aliphatic carbocycles. The van der Waals surface area contributed by atoms with E-state index in [0.29, 0.717) is 12.5 Å². The van der Waals surface area contributed by atoms with E-state index in [9.17, 15) is 4.79 Å². The number of benzene rings is 2. The molecule has 1 amide bonds. The number of fused-ring (bicyclic) bond motifs is 1. The van der Waals surface area contributed by atoms with Gasteiger partial charge in [-0.1, -0.05) is 6.07 Å². The van der Waals surface area contributed by atoms with Crippen LogP contribution in [0.4, 0.5) is 0 Å². The summed E-state index contributed by atoms with van der Waals surface area (Å²) in [7, 11) is 1.67. The van der Waals surface area contributed by atoms with Crippen LogP contribution in [-0.2, 0) is 6.42 Å². The average molecular weight is 473 g/mol. The second-order valence-corrected chi connectivity index (χ2v) is 9.28. The number of likely N-dealkylation sites (tertiary alicyclic amines) is 1. The molecule has 1 saturated heterocycles. The van der Waals surface area contributed by atoms with Crippen molar-refractivity contribution in [3.05, 3.63) is 58.7 Å². The van der Waals surface area contributed by atoms with E-state index >= 15 is 0 Å².